The number of hydrogen-bond donors (Lipinski definition) is 2. The highest BCUT2D eigenvalue weighted by atomic mass is 16.5. The van der Waals surface area contributed by atoms with Gasteiger partial charge in [-0.05, 0) is 19.8 Å². The van der Waals surface area contributed by atoms with Gasteiger partial charge in [0.1, 0.15) is 0 Å². The van der Waals surface area contributed by atoms with E-state index in [0.29, 0.717) is 0 Å². The quantitative estimate of drug-likeness (QED) is 0.729. The minimum absolute atomic E-state index is 0.00291. The van der Waals surface area contributed by atoms with Crippen molar-refractivity contribution in [1.82, 2.24) is 4.90 Å². The smallest absolute Gasteiger partial charge is 0.0936 e. The minimum atomic E-state index is -0.0798. The van der Waals surface area contributed by atoms with Crippen LogP contribution in [0.1, 0.15) is 33.6 Å². The van der Waals surface area contributed by atoms with Crippen LogP contribution in [-0.4, -0.2) is 60.2 Å². The van der Waals surface area contributed by atoms with Crippen molar-refractivity contribution in [3.63, 3.8) is 0 Å². The van der Waals surface area contributed by atoms with Crippen molar-refractivity contribution in [2.75, 3.05) is 32.8 Å². The van der Waals surface area contributed by atoms with Crippen molar-refractivity contribution in [2.24, 2.45) is 5.41 Å². The van der Waals surface area contributed by atoms with E-state index in [0.717, 1.165) is 32.5 Å². The van der Waals surface area contributed by atoms with Gasteiger partial charge in [-0.15, -0.1) is 0 Å². The summed E-state index contributed by atoms with van der Waals surface area (Å²) in [7, 11) is 0. The van der Waals surface area contributed by atoms with E-state index in [1.54, 1.807) is 0 Å². The Morgan fingerprint density at radius 3 is 2.35 bits per heavy atom. The molecule has 0 aliphatic carbocycles. The van der Waals surface area contributed by atoms with Crippen LogP contribution in [0.2, 0.25) is 0 Å². The predicted octanol–water partition coefficient (Wildman–Crippen LogP) is 0.867. The summed E-state index contributed by atoms with van der Waals surface area (Å²) in [6.07, 6.45) is 2.04. The Morgan fingerprint density at radius 1 is 1.24 bits per heavy atom. The summed E-state index contributed by atoms with van der Waals surface area (Å²) in [4.78, 5) is 2.32. The van der Waals surface area contributed by atoms with Gasteiger partial charge in [-0.25, -0.2) is 0 Å². The molecule has 1 heterocycles. The second-order valence-electron chi connectivity index (χ2n) is 5.31. The summed E-state index contributed by atoms with van der Waals surface area (Å²) in [6, 6.07) is 0. The highest BCUT2D eigenvalue weighted by Gasteiger charge is 2.32. The monoisotopic (exact) mass is 245 g/mol. The van der Waals surface area contributed by atoms with E-state index in [9.17, 15) is 10.2 Å². The second kappa shape index (κ2) is 6.69. The Bertz CT molecular complexity index is 210. The average Bonchev–Trinajstić information content (AvgIpc) is 2.35. The van der Waals surface area contributed by atoms with Gasteiger partial charge in [0, 0.05) is 31.7 Å². The predicted molar refractivity (Wildman–Crippen MR) is 68.0 cm³/mol. The molecule has 0 aromatic heterocycles. The lowest BCUT2D eigenvalue weighted by molar-refractivity contribution is -0.106. The molecule has 0 bridgehead atoms. The molecule has 4 heteroatoms. The molecule has 102 valence electrons. The topological polar surface area (TPSA) is 52.9 Å². The Balaban J connectivity index is 2.59. The van der Waals surface area contributed by atoms with Crippen molar-refractivity contribution in [3.05, 3.63) is 0 Å². The molecule has 1 saturated heterocycles. The van der Waals surface area contributed by atoms with E-state index in [1.807, 2.05) is 6.92 Å². The SMILES string of the molecule is CCC(CC)(CO)CN1CC(C)OC(CO)C1. The fourth-order valence-corrected chi connectivity index (χ4v) is 2.59. The number of morpholine rings is 1. The van der Waals surface area contributed by atoms with E-state index in [-0.39, 0.29) is 30.8 Å². The molecule has 1 aliphatic heterocycles. The van der Waals surface area contributed by atoms with Crippen molar-refractivity contribution in [1.29, 1.82) is 0 Å². The van der Waals surface area contributed by atoms with Crippen LogP contribution in [0.25, 0.3) is 0 Å². The summed E-state index contributed by atoms with van der Waals surface area (Å²) >= 11 is 0. The van der Waals surface area contributed by atoms with Crippen LogP contribution in [-0.2, 0) is 4.74 Å². The zero-order valence-electron chi connectivity index (χ0n) is 11.4. The van der Waals surface area contributed by atoms with Crippen LogP contribution in [0.15, 0.2) is 0 Å². The molecular formula is C13H27NO3. The molecule has 2 atom stereocenters. The number of aliphatic hydroxyl groups is 2. The molecule has 1 aliphatic rings. The van der Waals surface area contributed by atoms with E-state index in [2.05, 4.69) is 18.7 Å². The number of ether oxygens (including phenoxy) is 1. The molecule has 0 amide bonds. The van der Waals surface area contributed by atoms with Gasteiger partial charge in [0.25, 0.3) is 0 Å². The van der Waals surface area contributed by atoms with Crippen molar-refractivity contribution in [3.8, 4) is 0 Å². The third-order valence-electron chi connectivity index (χ3n) is 4.00. The van der Waals surface area contributed by atoms with E-state index < -0.39 is 0 Å². The minimum Gasteiger partial charge on any atom is -0.396 e. The first kappa shape index (κ1) is 14.9. The molecule has 0 radical (unpaired) electrons. The van der Waals surface area contributed by atoms with Crippen LogP contribution in [0.4, 0.5) is 0 Å². The Labute approximate surface area is 105 Å². The summed E-state index contributed by atoms with van der Waals surface area (Å²) in [5.74, 6) is 0. The van der Waals surface area contributed by atoms with Crippen molar-refractivity contribution in [2.45, 2.75) is 45.8 Å². The molecule has 0 aromatic carbocycles. The van der Waals surface area contributed by atoms with Gasteiger partial charge in [0.2, 0.25) is 0 Å². The first-order valence-electron chi connectivity index (χ1n) is 6.68. The number of aliphatic hydroxyl groups excluding tert-OH is 2. The Hall–Kier alpha value is -0.160. The highest BCUT2D eigenvalue weighted by molar-refractivity contribution is 4.84. The molecule has 1 fully saturated rings. The maximum atomic E-state index is 9.59. The largest absolute Gasteiger partial charge is 0.396 e. The fraction of sp³-hybridized carbons (Fsp3) is 1.00. The molecule has 1 rings (SSSR count). The van der Waals surface area contributed by atoms with E-state index in [4.69, 9.17) is 4.74 Å². The molecule has 4 nitrogen and oxygen atoms in total. The normalized spacial score (nSPS) is 27.4. The van der Waals surface area contributed by atoms with Gasteiger partial charge in [0.05, 0.1) is 18.8 Å². The second-order valence-corrected chi connectivity index (χ2v) is 5.31. The standard InChI is InChI=1S/C13H27NO3/c1-4-13(5-2,10-16)9-14-6-11(3)17-12(7-14)8-15/h11-12,15-16H,4-10H2,1-3H3. The third kappa shape index (κ3) is 3.91. The summed E-state index contributed by atoms with van der Waals surface area (Å²) in [6.45, 7) is 9.15. The molecule has 0 saturated carbocycles. The third-order valence-corrected chi connectivity index (χ3v) is 4.00. The maximum absolute atomic E-state index is 9.59. The lowest BCUT2D eigenvalue weighted by Gasteiger charge is -2.41. The van der Waals surface area contributed by atoms with Gasteiger partial charge < -0.3 is 14.9 Å². The lowest BCUT2D eigenvalue weighted by atomic mass is 9.82. The molecule has 0 spiro atoms. The summed E-state index contributed by atoms with van der Waals surface area (Å²) in [5.41, 5.74) is -0.00291. The zero-order valence-corrected chi connectivity index (χ0v) is 11.4. The van der Waals surface area contributed by atoms with Gasteiger partial charge in [-0.3, -0.25) is 4.90 Å². The molecule has 2 N–H and O–H groups in total. The van der Waals surface area contributed by atoms with Crippen molar-refractivity contribution >= 4 is 0 Å². The summed E-state index contributed by atoms with van der Waals surface area (Å²) in [5, 5.41) is 18.8. The fourth-order valence-electron chi connectivity index (χ4n) is 2.59. The number of rotatable bonds is 6. The van der Waals surface area contributed by atoms with Crippen LogP contribution in [0, 0.1) is 5.41 Å². The first-order chi connectivity index (χ1) is 8.09. The van der Waals surface area contributed by atoms with Gasteiger partial charge in [-0.2, -0.15) is 0 Å². The van der Waals surface area contributed by atoms with Crippen molar-refractivity contribution < 1.29 is 14.9 Å². The van der Waals surface area contributed by atoms with Crippen LogP contribution >= 0.6 is 0 Å². The molecule has 17 heavy (non-hydrogen) atoms. The van der Waals surface area contributed by atoms with E-state index >= 15 is 0 Å². The molecular weight excluding hydrogens is 218 g/mol. The average molecular weight is 245 g/mol. The number of hydrogen-bond acceptors (Lipinski definition) is 4. The van der Waals surface area contributed by atoms with Crippen LogP contribution in [0.5, 0.6) is 0 Å². The van der Waals surface area contributed by atoms with Gasteiger partial charge in [0.15, 0.2) is 0 Å². The number of nitrogens with zero attached hydrogens (tertiary/aromatic N) is 1. The van der Waals surface area contributed by atoms with E-state index in [1.165, 1.54) is 0 Å². The van der Waals surface area contributed by atoms with Crippen LogP contribution in [0.3, 0.4) is 0 Å². The van der Waals surface area contributed by atoms with Crippen LogP contribution < -0.4 is 0 Å². The maximum Gasteiger partial charge on any atom is 0.0936 e. The van der Waals surface area contributed by atoms with Gasteiger partial charge in [-0.1, -0.05) is 13.8 Å². The first-order valence-corrected chi connectivity index (χ1v) is 6.68. The Kier molecular flexibility index (Phi) is 5.86. The lowest BCUT2D eigenvalue weighted by Crippen LogP contribution is -2.51. The zero-order chi connectivity index (χ0) is 12.9. The Morgan fingerprint density at radius 2 is 1.88 bits per heavy atom. The molecule has 2 unspecified atom stereocenters. The van der Waals surface area contributed by atoms with Gasteiger partial charge >= 0.3 is 0 Å². The highest BCUT2D eigenvalue weighted by Crippen LogP contribution is 2.28. The summed E-state index contributed by atoms with van der Waals surface area (Å²) < 4.78 is 5.63. The molecule has 0 aromatic rings.